The Morgan fingerprint density at radius 1 is 1.04 bits per heavy atom. The van der Waals surface area contributed by atoms with Gasteiger partial charge in [-0.1, -0.05) is 18.2 Å². The van der Waals surface area contributed by atoms with Gasteiger partial charge in [-0.15, -0.1) is 0 Å². The lowest BCUT2D eigenvalue weighted by Crippen LogP contribution is -2.15. The van der Waals surface area contributed by atoms with E-state index in [4.69, 9.17) is 0 Å². The molecular weight excluding hydrogens is 343 g/mol. The number of nitro benzene ring substituents is 1. The monoisotopic (exact) mass is 353 g/mol. The van der Waals surface area contributed by atoms with Crippen LogP contribution in [-0.2, 0) is 10.9 Å². The lowest BCUT2D eigenvalue weighted by atomic mass is 10.1. The number of carbonyl (C=O) groups is 2. The van der Waals surface area contributed by atoms with E-state index < -0.39 is 35.0 Å². The van der Waals surface area contributed by atoms with E-state index in [1.807, 2.05) is 0 Å². The Balaban J connectivity index is 2.06. The summed E-state index contributed by atoms with van der Waals surface area (Å²) in [5.41, 5.74) is -1.74. The summed E-state index contributed by atoms with van der Waals surface area (Å²) in [5, 5.41) is 10.7. The molecule has 0 aliphatic rings. The molecule has 9 heteroatoms. The first-order chi connectivity index (χ1) is 11.7. The molecule has 0 aliphatic heterocycles. The second-order valence-electron chi connectivity index (χ2n) is 4.89. The average Bonchev–Trinajstić information content (AvgIpc) is 2.58. The van der Waals surface area contributed by atoms with Gasteiger partial charge in [0.2, 0.25) is 5.78 Å². The summed E-state index contributed by atoms with van der Waals surface area (Å²) in [5.74, 6) is -1.83. The number of carbonyl (C=O) groups excluding carboxylic acids is 2. The number of ether oxygens (including phenoxy) is 1. The van der Waals surface area contributed by atoms with Crippen molar-refractivity contribution in [2.75, 3.05) is 6.61 Å². The molecule has 0 amide bonds. The fourth-order valence-electron chi connectivity index (χ4n) is 1.91. The average molecular weight is 353 g/mol. The van der Waals surface area contributed by atoms with Crippen molar-refractivity contribution < 1.29 is 32.4 Å². The number of non-ortho nitro benzene ring substituents is 1. The molecule has 2 rings (SSSR count). The summed E-state index contributed by atoms with van der Waals surface area (Å²) in [6.07, 6.45) is -4.62. The molecule has 0 saturated carbocycles. The Morgan fingerprint density at radius 2 is 1.68 bits per heavy atom. The van der Waals surface area contributed by atoms with Crippen LogP contribution in [-0.4, -0.2) is 23.3 Å². The standard InChI is InChI=1S/C16H10F3NO5/c17-16(18,19)12-5-1-4-11(7-12)15(22)25-9-14(21)10-3-2-6-13(8-10)20(23)24/h1-8H,9H2. The molecule has 0 atom stereocenters. The third-order valence-electron chi connectivity index (χ3n) is 3.14. The van der Waals surface area contributed by atoms with E-state index in [-0.39, 0.29) is 16.8 Å². The molecule has 0 spiro atoms. The van der Waals surface area contributed by atoms with Gasteiger partial charge in [0.1, 0.15) is 0 Å². The molecule has 6 nitrogen and oxygen atoms in total. The van der Waals surface area contributed by atoms with Crippen LogP contribution in [0.15, 0.2) is 48.5 Å². The van der Waals surface area contributed by atoms with Crippen LogP contribution in [0.3, 0.4) is 0 Å². The van der Waals surface area contributed by atoms with Crippen molar-refractivity contribution in [3.63, 3.8) is 0 Å². The quantitative estimate of drug-likeness (QED) is 0.354. The van der Waals surface area contributed by atoms with E-state index in [2.05, 4.69) is 4.74 Å². The second-order valence-corrected chi connectivity index (χ2v) is 4.89. The van der Waals surface area contributed by atoms with Crippen LogP contribution in [0.25, 0.3) is 0 Å². The molecule has 130 valence electrons. The summed E-state index contributed by atoms with van der Waals surface area (Å²) in [6.45, 7) is -0.754. The fraction of sp³-hybridized carbons (Fsp3) is 0.125. The van der Waals surface area contributed by atoms with Crippen LogP contribution in [0, 0.1) is 10.1 Å². The number of halogens is 3. The van der Waals surface area contributed by atoms with Crippen molar-refractivity contribution >= 4 is 17.4 Å². The Morgan fingerprint density at radius 3 is 2.32 bits per heavy atom. The number of esters is 1. The van der Waals surface area contributed by atoms with Crippen molar-refractivity contribution in [1.82, 2.24) is 0 Å². The molecule has 2 aromatic carbocycles. The summed E-state index contributed by atoms with van der Waals surface area (Å²) in [6, 6.07) is 8.36. The highest BCUT2D eigenvalue weighted by Gasteiger charge is 2.31. The summed E-state index contributed by atoms with van der Waals surface area (Å²) < 4.78 is 42.5. The molecule has 0 radical (unpaired) electrons. The zero-order valence-corrected chi connectivity index (χ0v) is 12.4. The summed E-state index contributed by atoms with van der Waals surface area (Å²) in [7, 11) is 0. The smallest absolute Gasteiger partial charge is 0.416 e. The number of nitrogens with zero attached hydrogens (tertiary/aromatic N) is 1. The normalized spacial score (nSPS) is 11.0. The minimum absolute atomic E-state index is 0.0500. The zero-order chi connectivity index (χ0) is 18.6. The lowest BCUT2D eigenvalue weighted by molar-refractivity contribution is -0.384. The van der Waals surface area contributed by atoms with Crippen LogP contribution in [0.1, 0.15) is 26.3 Å². The topological polar surface area (TPSA) is 86.5 Å². The highest BCUT2D eigenvalue weighted by Crippen LogP contribution is 2.29. The first-order valence-electron chi connectivity index (χ1n) is 6.80. The van der Waals surface area contributed by atoms with Gasteiger partial charge in [-0.25, -0.2) is 4.79 Å². The molecule has 0 N–H and O–H groups in total. The van der Waals surface area contributed by atoms with E-state index in [1.165, 1.54) is 18.2 Å². The number of Topliss-reactive ketones (excluding diaryl/α,β-unsaturated/α-hetero) is 1. The predicted molar refractivity (Wildman–Crippen MR) is 79.2 cm³/mol. The Hall–Kier alpha value is -3.23. The second kappa shape index (κ2) is 7.12. The maximum absolute atomic E-state index is 12.6. The molecule has 0 aromatic heterocycles. The third kappa shape index (κ3) is 4.63. The molecule has 0 saturated heterocycles. The van der Waals surface area contributed by atoms with Gasteiger partial charge < -0.3 is 4.74 Å². The minimum Gasteiger partial charge on any atom is -0.454 e. The van der Waals surface area contributed by atoms with E-state index in [0.29, 0.717) is 6.07 Å². The Bertz CT molecular complexity index is 833. The lowest BCUT2D eigenvalue weighted by Gasteiger charge is -2.08. The molecule has 0 aliphatic carbocycles. The molecular formula is C16H10F3NO5. The van der Waals surface area contributed by atoms with Gasteiger partial charge in [0.25, 0.3) is 5.69 Å². The minimum atomic E-state index is -4.62. The summed E-state index contributed by atoms with van der Waals surface area (Å²) >= 11 is 0. The number of ketones is 1. The number of hydrogen-bond acceptors (Lipinski definition) is 5. The molecule has 0 bridgehead atoms. The van der Waals surface area contributed by atoms with Gasteiger partial charge >= 0.3 is 12.1 Å². The first-order valence-corrected chi connectivity index (χ1v) is 6.80. The number of alkyl halides is 3. The molecule has 0 heterocycles. The van der Waals surface area contributed by atoms with E-state index in [1.54, 1.807) is 0 Å². The molecule has 0 fully saturated rings. The summed E-state index contributed by atoms with van der Waals surface area (Å²) in [4.78, 5) is 33.7. The maximum atomic E-state index is 12.6. The highest BCUT2D eigenvalue weighted by atomic mass is 19.4. The van der Waals surface area contributed by atoms with Crippen LogP contribution in [0.4, 0.5) is 18.9 Å². The van der Waals surface area contributed by atoms with Gasteiger partial charge in [0.15, 0.2) is 6.61 Å². The fourth-order valence-corrected chi connectivity index (χ4v) is 1.91. The van der Waals surface area contributed by atoms with Crippen LogP contribution >= 0.6 is 0 Å². The first kappa shape index (κ1) is 18.1. The largest absolute Gasteiger partial charge is 0.454 e. The van der Waals surface area contributed by atoms with Crippen LogP contribution in [0.5, 0.6) is 0 Å². The van der Waals surface area contributed by atoms with Crippen LogP contribution < -0.4 is 0 Å². The number of rotatable bonds is 5. The number of benzene rings is 2. The van der Waals surface area contributed by atoms with Gasteiger partial charge in [-0.3, -0.25) is 14.9 Å². The number of nitro groups is 1. The molecule has 0 unspecified atom stereocenters. The third-order valence-corrected chi connectivity index (χ3v) is 3.14. The maximum Gasteiger partial charge on any atom is 0.416 e. The van der Waals surface area contributed by atoms with Crippen molar-refractivity contribution in [2.24, 2.45) is 0 Å². The van der Waals surface area contributed by atoms with Gasteiger partial charge in [-0.05, 0) is 18.2 Å². The van der Waals surface area contributed by atoms with E-state index in [0.717, 1.165) is 24.3 Å². The van der Waals surface area contributed by atoms with Crippen LogP contribution in [0.2, 0.25) is 0 Å². The SMILES string of the molecule is O=C(COC(=O)c1cccc(C(F)(F)F)c1)c1cccc([N+](=O)[O-])c1. The predicted octanol–water partition coefficient (Wildman–Crippen LogP) is 3.65. The van der Waals surface area contributed by atoms with Crippen molar-refractivity contribution in [2.45, 2.75) is 6.18 Å². The zero-order valence-electron chi connectivity index (χ0n) is 12.4. The van der Waals surface area contributed by atoms with Gasteiger partial charge in [0.05, 0.1) is 16.1 Å². The van der Waals surface area contributed by atoms with E-state index in [9.17, 15) is 32.9 Å². The molecule has 2 aromatic rings. The Labute approximate surface area is 139 Å². The number of hydrogen-bond donors (Lipinski definition) is 0. The highest BCUT2D eigenvalue weighted by molar-refractivity contribution is 5.99. The van der Waals surface area contributed by atoms with Gasteiger partial charge in [0, 0.05) is 17.7 Å². The Kier molecular flexibility index (Phi) is 5.16. The van der Waals surface area contributed by atoms with Crippen molar-refractivity contribution in [3.8, 4) is 0 Å². The van der Waals surface area contributed by atoms with Gasteiger partial charge in [-0.2, -0.15) is 13.2 Å². The van der Waals surface area contributed by atoms with E-state index >= 15 is 0 Å². The van der Waals surface area contributed by atoms with Crippen molar-refractivity contribution in [1.29, 1.82) is 0 Å². The van der Waals surface area contributed by atoms with Crippen molar-refractivity contribution in [3.05, 3.63) is 75.3 Å². The molecule has 25 heavy (non-hydrogen) atoms.